The second-order valence-electron chi connectivity index (χ2n) is 15.2. The highest BCUT2D eigenvalue weighted by Crippen LogP contribution is 2.59. The molecule has 0 atom stereocenters. The minimum atomic E-state index is -2.12. The van der Waals surface area contributed by atoms with Gasteiger partial charge in [0.05, 0.1) is 5.41 Å². The van der Waals surface area contributed by atoms with E-state index in [1.54, 1.807) is 0 Å². The van der Waals surface area contributed by atoms with E-state index in [-0.39, 0.29) is 0 Å². The van der Waals surface area contributed by atoms with Crippen molar-refractivity contribution < 1.29 is 0 Å². The molecule has 0 unspecified atom stereocenters. The molecule has 0 spiro atoms. The van der Waals surface area contributed by atoms with Gasteiger partial charge in [0.15, 0.2) is 0 Å². The molecule has 54 heavy (non-hydrogen) atoms. The summed E-state index contributed by atoms with van der Waals surface area (Å²) in [5, 5.41) is 5.74. The second-order valence-corrected chi connectivity index (χ2v) is 21.6. The first-order chi connectivity index (χ1) is 26.5. The lowest BCUT2D eigenvalue weighted by Gasteiger charge is -2.37. The summed E-state index contributed by atoms with van der Waals surface area (Å²) in [6.45, 7) is 5.11. The summed E-state index contributed by atoms with van der Waals surface area (Å²) >= 11 is 3.91. The first-order valence-corrected chi connectivity index (χ1v) is 23.4. The van der Waals surface area contributed by atoms with Crippen LogP contribution in [0, 0.1) is 0 Å². The van der Waals surface area contributed by atoms with Gasteiger partial charge in [0.2, 0.25) is 0 Å². The SMILES string of the molecule is C[Si]1(C)c2cccc(-c3cccc(-c4cccc5c4sc4ccccc45)c3)c2Sc2c1ccc1c2-c2ccccc2C1(c1ccccc1)c1ccccc1. The highest BCUT2D eigenvalue weighted by Gasteiger charge is 2.49. The minimum Gasteiger partial charge on any atom is -0.135 e. The lowest BCUT2D eigenvalue weighted by molar-refractivity contribution is 0.767. The molecule has 8 aromatic carbocycles. The topological polar surface area (TPSA) is 0 Å². The quantitative estimate of drug-likeness (QED) is 0.162. The van der Waals surface area contributed by atoms with Crippen LogP contribution in [0.4, 0.5) is 0 Å². The standard InChI is InChI=1S/C51H36S2Si/c1-54(2)45-29-15-25-38(34-17-13-16-33(32-34)37-24-14-26-40-39-22-10-12-28-44(39)52-48(37)40)49(45)53-50-46(54)31-30-43-47(50)41-23-9-11-27-42(41)51(43,35-18-5-3-6-19-35)36-20-7-4-8-21-36/h3-32H,1-2H3. The fourth-order valence-electron chi connectivity index (χ4n) is 9.54. The van der Waals surface area contributed by atoms with Gasteiger partial charge >= 0.3 is 0 Å². The predicted molar refractivity (Wildman–Crippen MR) is 235 cm³/mol. The first kappa shape index (κ1) is 32.0. The van der Waals surface area contributed by atoms with E-state index in [0.29, 0.717) is 0 Å². The average molecular weight is 741 g/mol. The number of hydrogen-bond acceptors (Lipinski definition) is 2. The molecule has 1 aliphatic heterocycles. The molecule has 0 bridgehead atoms. The van der Waals surface area contributed by atoms with Crippen LogP contribution in [0.5, 0.6) is 0 Å². The Kier molecular flexibility index (Phi) is 7.13. The van der Waals surface area contributed by atoms with Gasteiger partial charge in [-0.25, -0.2) is 0 Å². The van der Waals surface area contributed by atoms with Crippen LogP contribution >= 0.6 is 23.1 Å². The van der Waals surface area contributed by atoms with Crippen molar-refractivity contribution in [1.29, 1.82) is 0 Å². The summed E-state index contributed by atoms with van der Waals surface area (Å²) in [6.07, 6.45) is 0. The molecule has 1 aromatic heterocycles. The third kappa shape index (κ3) is 4.44. The molecule has 256 valence electrons. The van der Waals surface area contributed by atoms with Gasteiger partial charge in [0, 0.05) is 35.5 Å². The van der Waals surface area contributed by atoms with Gasteiger partial charge in [-0.2, -0.15) is 0 Å². The summed E-state index contributed by atoms with van der Waals surface area (Å²) in [5.41, 5.74) is 12.9. The van der Waals surface area contributed by atoms with Gasteiger partial charge in [0.1, 0.15) is 8.07 Å². The molecular formula is C51H36S2Si. The van der Waals surface area contributed by atoms with Crippen LogP contribution in [0.1, 0.15) is 22.3 Å². The van der Waals surface area contributed by atoms with E-state index in [1.165, 1.54) is 96.0 Å². The summed E-state index contributed by atoms with van der Waals surface area (Å²) in [5.74, 6) is 0. The van der Waals surface area contributed by atoms with Crippen molar-refractivity contribution in [3.05, 3.63) is 204 Å². The fraction of sp³-hybridized carbons (Fsp3) is 0.0588. The summed E-state index contributed by atoms with van der Waals surface area (Å²) in [4.78, 5) is 2.86. The Hall–Kier alpha value is -5.45. The van der Waals surface area contributed by atoms with Crippen molar-refractivity contribution in [2.45, 2.75) is 28.3 Å². The van der Waals surface area contributed by atoms with E-state index < -0.39 is 13.5 Å². The van der Waals surface area contributed by atoms with Crippen LogP contribution in [0.15, 0.2) is 192 Å². The number of rotatable bonds is 4. The molecule has 0 radical (unpaired) electrons. The van der Waals surface area contributed by atoms with Crippen molar-refractivity contribution in [3.8, 4) is 33.4 Å². The maximum Gasteiger partial charge on any atom is 0.115 e. The first-order valence-electron chi connectivity index (χ1n) is 18.8. The van der Waals surface area contributed by atoms with E-state index in [2.05, 4.69) is 195 Å². The molecule has 0 saturated heterocycles. The second kappa shape index (κ2) is 12.0. The third-order valence-corrected chi connectivity index (χ3v) is 18.4. The zero-order valence-electron chi connectivity index (χ0n) is 30.1. The minimum absolute atomic E-state index is 0.405. The third-order valence-electron chi connectivity index (χ3n) is 12.0. The summed E-state index contributed by atoms with van der Waals surface area (Å²) in [7, 11) is -2.12. The van der Waals surface area contributed by atoms with E-state index in [1.807, 2.05) is 23.1 Å². The fourth-order valence-corrected chi connectivity index (χ4v) is 16.5. The smallest absolute Gasteiger partial charge is 0.115 e. The van der Waals surface area contributed by atoms with E-state index in [4.69, 9.17) is 0 Å². The Morgan fingerprint density at radius 1 is 0.444 bits per heavy atom. The number of thiophene rings is 1. The molecule has 9 aromatic rings. The predicted octanol–water partition coefficient (Wildman–Crippen LogP) is 13.0. The van der Waals surface area contributed by atoms with Crippen molar-refractivity contribution in [1.82, 2.24) is 0 Å². The van der Waals surface area contributed by atoms with Gasteiger partial charge in [0.25, 0.3) is 0 Å². The highest BCUT2D eigenvalue weighted by molar-refractivity contribution is 8.00. The molecule has 0 N–H and O–H groups in total. The van der Waals surface area contributed by atoms with E-state index in [9.17, 15) is 0 Å². The monoisotopic (exact) mass is 740 g/mol. The largest absolute Gasteiger partial charge is 0.135 e. The Bertz CT molecular complexity index is 2900. The van der Waals surface area contributed by atoms with Crippen LogP contribution in [0.3, 0.4) is 0 Å². The molecule has 0 saturated carbocycles. The van der Waals surface area contributed by atoms with Crippen LogP contribution in [-0.2, 0) is 5.41 Å². The van der Waals surface area contributed by atoms with Crippen LogP contribution < -0.4 is 10.4 Å². The maximum absolute atomic E-state index is 2.56. The van der Waals surface area contributed by atoms with Gasteiger partial charge < -0.3 is 0 Å². The molecular weight excluding hydrogens is 705 g/mol. The number of benzene rings is 8. The molecule has 0 amide bonds. The van der Waals surface area contributed by atoms with Crippen molar-refractivity contribution in [2.75, 3.05) is 0 Å². The zero-order valence-corrected chi connectivity index (χ0v) is 32.8. The van der Waals surface area contributed by atoms with E-state index >= 15 is 0 Å². The summed E-state index contributed by atoms with van der Waals surface area (Å²) in [6, 6.07) is 68.5. The Labute approximate surface area is 325 Å². The van der Waals surface area contributed by atoms with Crippen molar-refractivity contribution >= 4 is 61.7 Å². The van der Waals surface area contributed by atoms with Gasteiger partial charge in [-0.05, 0) is 72.6 Å². The molecule has 11 rings (SSSR count). The van der Waals surface area contributed by atoms with Gasteiger partial charge in [-0.15, -0.1) is 11.3 Å². The maximum atomic E-state index is 2.56. The Balaban J connectivity index is 1.12. The summed E-state index contributed by atoms with van der Waals surface area (Å²) < 4.78 is 2.70. The average Bonchev–Trinajstić information content (AvgIpc) is 3.76. The van der Waals surface area contributed by atoms with Gasteiger partial charge in [-0.1, -0.05) is 195 Å². The lowest BCUT2D eigenvalue weighted by Crippen LogP contribution is -2.56. The number of hydrogen-bond donors (Lipinski definition) is 0. The lowest BCUT2D eigenvalue weighted by atomic mass is 9.68. The molecule has 3 heteroatoms. The van der Waals surface area contributed by atoms with Crippen molar-refractivity contribution in [3.63, 3.8) is 0 Å². The zero-order chi connectivity index (χ0) is 36.0. The Morgan fingerprint density at radius 2 is 1.04 bits per heavy atom. The van der Waals surface area contributed by atoms with Crippen molar-refractivity contribution in [2.24, 2.45) is 0 Å². The number of fused-ring (bicyclic) bond motifs is 9. The molecule has 0 fully saturated rings. The molecule has 2 heterocycles. The van der Waals surface area contributed by atoms with Crippen LogP contribution in [0.2, 0.25) is 13.1 Å². The van der Waals surface area contributed by atoms with E-state index in [0.717, 1.165) is 0 Å². The Morgan fingerprint density at radius 3 is 1.83 bits per heavy atom. The highest BCUT2D eigenvalue weighted by atomic mass is 32.2. The van der Waals surface area contributed by atoms with Crippen LogP contribution in [-0.4, -0.2) is 8.07 Å². The molecule has 0 nitrogen and oxygen atoms in total. The normalized spacial score (nSPS) is 14.7. The van der Waals surface area contributed by atoms with Crippen LogP contribution in [0.25, 0.3) is 53.6 Å². The molecule has 2 aliphatic rings. The van der Waals surface area contributed by atoms with Gasteiger partial charge in [-0.3, -0.25) is 0 Å². The molecule has 1 aliphatic carbocycles.